The number of rotatable bonds is 5. The average molecular weight is 457 g/mol. The Bertz CT molecular complexity index is 866. The van der Waals surface area contributed by atoms with Gasteiger partial charge in [-0.25, -0.2) is 4.79 Å². The Morgan fingerprint density at radius 2 is 1.73 bits per heavy atom. The van der Waals surface area contributed by atoms with Gasteiger partial charge in [-0.05, 0) is 111 Å². The van der Waals surface area contributed by atoms with Gasteiger partial charge in [0.2, 0.25) is 0 Å². The molecule has 0 aromatic carbocycles. The van der Waals surface area contributed by atoms with Crippen LogP contribution in [-0.2, 0) is 4.79 Å². The number of hydrogen-bond donors (Lipinski definition) is 2. The summed E-state index contributed by atoms with van der Waals surface area (Å²) in [4.78, 5) is 11.1. The van der Waals surface area contributed by atoms with Gasteiger partial charge in [0.15, 0.2) is 0 Å². The molecular formula is C30H48O3. The molecule has 2 N–H and O–H groups in total. The van der Waals surface area contributed by atoms with Crippen molar-refractivity contribution in [1.29, 1.82) is 0 Å². The van der Waals surface area contributed by atoms with Gasteiger partial charge in [-0.3, -0.25) is 0 Å². The van der Waals surface area contributed by atoms with Gasteiger partial charge in [0.05, 0.1) is 6.10 Å². The van der Waals surface area contributed by atoms with E-state index in [2.05, 4.69) is 41.5 Å². The minimum Gasteiger partial charge on any atom is -0.478 e. The highest BCUT2D eigenvalue weighted by atomic mass is 16.4. The number of allylic oxidation sites excluding steroid dienone is 3. The lowest BCUT2D eigenvalue weighted by Crippen LogP contribution is -2.55. The second-order valence-electron chi connectivity index (χ2n) is 13.5. The summed E-state index contributed by atoms with van der Waals surface area (Å²) in [5, 5.41) is 20.0. The van der Waals surface area contributed by atoms with Crippen LogP contribution in [0.3, 0.4) is 0 Å². The molecule has 33 heavy (non-hydrogen) atoms. The zero-order chi connectivity index (χ0) is 24.4. The molecular weight excluding hydrogens is 408 g/mol. The van der Waals surface area contributed by atoms with Gasteiger partial charge in [-0.1, -0.05) is 58.8 Å². The molecule has 3 heteroatoms. The number of carboxylic acid groups (broad SMARTS) is 1. The molecule has 2 saturated carbocycles. The van der Waals surface area contributed by atoms with E-state index >= 15 is 0 Å². The number of aliphatic hydroxyl groups is 1. The van der Waals surface area contributed by atoms with Gasteiger partial charge in [0, 0.05) is 5.57 Å². The maximum absolute atomic E-state index is 11.1. The van der Waals surface area contributed by atoms with Crippen LogP contribution in [0.1, 0.15) is 113 Å². The Morgan fingerprint density at radius 3 is 2.39 bits per heavy atom. The summed E-state index contributed by atoms with van der Waals surface area (Å²) in [5.41, 5.74) is 4.95. The fourth-order valence-electron chi connectivity index (χ4n) is 9.48. The summed E-state index contributed by atoms with van der Waals surface area (Å²) in [6.07, 6.45) is 13.3. The van der Waals surface area contributed by atoms with E-state index in [1.807, 2.05) is 6.08 Å². The van der Waals surface area contributed by atoms with Crippen LogP contribution in [0, 0.1) is 39.4 Å². The molecule has 0 spiro atoms. The SMILES string of the molecule is C/C(=C\CC[C@@H](C)[C@H]1CC[C@@]2(C)C3=C(CC[C@]12C)[C@@]1(C)CC[C@@H](O)C(C)(C)[C@@H]1CC3)C(=O)O. The lowest BCUT2D eigenvalue weighted by molar-refractivity contribution is -0.132. The molecule has 2 fully saturated rings. The van der Waals surface area contributed by atoms with E-state index in [-0.39, 0.29) is 16.9 Å². The van der Waals surface area contributed by atoms with Gasteiger partial charge in [0.1, 0.15) is 0 Å². The first kappa shape index (κ1) is 25.0. The number of aliphatic hydroxyl groups excluding tert-OH is 1. The highest BCUT2D eigenvalue weighted by Crippen LogP contribution is 2.72. The van der Waals surface area contributed by atoms with Gasteiger partial charge in [-0.2, -0.15) is 0 Å². The zero-order valence-corrected chi connectivity index (χ0v) is 22.3. The summed E-state index contributed by atoms with van der Waals surface area (Å²) in [5.74, 6) is 1.12. The van der Waals surface area contributed by atoms with Crippen LogP contribution in [0.25, 0.3) is 0 Å². The van der Waals surface area contributed by atoms with E-state index in [0.717, 1.165) is 25.7 Å². The quantitative estimate of drug-likeness (QED) is 0.332. The van der Waals surface area contributed by atoms with Crippen molar-refractivity contribution in [3.8, 4) is 0 Å². The van der Waals surface area contributed by atoms with E-state index in [0.29, 0.717) is 34.2 Å². The maximum atomic E-state index is 11.1. The first-order chi connectivity index (χ1) is 15.3. The highest BCUT2D eigenvalue weighted by molar-refractivity contribution is 5.85. The van der Waals surface area contributed by atoms with E-state index < -0.39 is 5.97 Å². The van der Waals surface area contributed by atoms with Gasteiger partial charge in [0.25, 0.3) is 0 Å². The lowest BCUT2D eigenvalue weighted by atomic mass is 9.43. The summed E-state index contributed by atoms with van der Waals surface area (Å²) in [6, 6.07) is 0. The second kappa shape index (κ2) is 8.25. The molecule has 186 valence electrons. The predicted molar refractivity (Wildman–Crippen MR) is 135 cm³/mol. The minimum atomic E-state index is -0.794. The number of hydrogen-bond acceptors (Lipinski definition) is 2. The standard InChI is InChI=1S/C30H48O3/c1-19(9-8-10-20(2)26(32)33)21-13-17-30(7)23-11-12-24-27(3,4)25(31)15-16-28(24,5)22(23)14-18-29(21,30)6/h10,19,21,24-25,31H,8-9,11-18H2,1-7H3,(H,32,33)/b20-10+/t19-,21-,24+,25-,28-,29-,30+/m1/s1. The fraction of sp³-hybridized carbons (Fsp3) is 0.833. The topological polar surface area (TPSA) is 57.5 Å². The molecule has 7 atom stereocenters. The Kier molecular flexibility index (Phi) is 6.25. The maximum Gasteiger partial charge on any atom is 0.330 e. The third kappa shape index (κ3) is 3.58. The molecule has 4 aliphatic carbocycles. The smallest absolute Gasteiger partial charge is 0.330 e. The molecule has 4 aliphatic rings. The van der Waals surface area contributed by atoms with E-state index in [4.69, 9.17) is 5.11 Å². The van der Waals surface area contributed by atoms with E-state index in [1.165, 1.54) is 38.5 Å². The van der Waals surface area contributed by atoms with Crippen LogP contribution in [-0.4, -0.2) is 22.3 Å². The Balaban J connectivity index is 1.60. The molecule has 0 radical (unpaired) electrons. The first-order valence-corrected chi connectivity index (χ1v) is 13.6. The second-order valence-corrected chi connectivity index (χ2v) is 13.5. The van der Waals surface area contributed by atoms with Gasteiger partial charge in [-0.15, -0.1) is 0 Å². The normalized spacial score (nSPS) is 43.5. The van der Waals surface area contributed by atoms with Gasteiger partial charge >= 0.3 is 5.97 Å². The van der Waals surface area contributed by atoms with Crippen molar-refractivity contribution in [2.24, 2.45) is 39.4 Å². The first-order valence-electron chi connectivity index (χ1n) is 13.6. The van der Waals surface area contributed by atoms with Crippen molar-refractivity contribution < 1.29 is 15.0 Å². The number of aliphatic carboxylic acids is 1. The van der Waals surface area contributed by atoms with Crippen molar-refractivity contribution in [2.45, 2.75) is 119 Å². The summed E-state index contributed by atoms with van der Waals surface area (Å²) in [7, 11) is 0. The van der Waals surface area contributed by atoms with Crippen LogP contribution in [0.4, 0.5) is 0 Å². The molecule has 4 rings (SSSR count). The van der Waals surface area contributed by atoms with Crippen LogP contribution >= 0.6 is 0 Å². The highest BCUT2D eigenvalue weighted by Gasteiger charge is 2.63. The lowest BCUT2D eigenvalue weighted by Gasteiger charge is -2.62. The minimum absolute atomic E-state index is 0.00150. The molecule has 0 unspecified atom stereocenters. The molecule has 0 amide bonds. The molecule has 0 bridgehead atoms. The average Bonchev–Trinajstić information content (AvgIpc) is 3.02. The number of fused-ring (bicyclic) bond motifs is 4. The molecule has 0 aliphatic heterocycles. The third-order valence-corrected chi connectivity index (χ3v) is 11.9. The number of carbonyl (C=O) groups is 1. The molecule has 0 aromatic heterocycles. The Hall–Kier alpha value is -1.09. The number of carboxylic acids is 1. The van der Waals surface area contributed by atoms with E-state index in [9.17, 15) is 9.90 Å². The van der Waals surface area contributed by atoms with Crippen LogP contribution in [0.5, 0.6) is 0 Å². The van der Waals surface area contributed by atoms with Gasteiger partial charge < -0.3 is 10.2 Å². The van der Waals surface area contributed by atoms with Crippen molar-refractivity contribution >= 4 is 5.97 Å². The molecule has 3 nitrogen and oxygen atoms in total. The predicted octanol–water partition coefficient (Wildman–Crippen LogP) is 7.54. The van der Waals surface area contributed by atoms with Crippen molar-refractivity contribution in [1.82, 2.24) is 0 Å². The summed E-state index contributed by atoms with van der Waals surface area (Å²) >= 11 is 0. The van der Waals surface area contributed by atoms with Crippen LogP contribution in [0.2, 0.25) is 0 Å². The Morgan fingerprint density at radius 1 is 1.03 bits per heavy atom. The Labute approximate surface area is 202 Å². The zero-order valence-electron chi connectivity index (χ0n) is 22.3. The van der Waals surface area contributed by atoms with Crippen molar-refractivity contribution in [2.75, 3.05) is 0 Å². The van der Waals surface area contributed by atoms with Crippen LogP contribution < -0.4 is 0 Å². The van der Waals surface area contributed by atoms with Crippen molar-refractivity contribution in [3.05, 3.63) is 22.8 Å². The summed E-state index contributed by atoms with van der Waals surface area (Å²) < 4.78 is 0. The molecule has 0 heterocycles. The van der Waals surface area contributed by atoms with Crippen LogP contribution in [0.15, 0.2) is 22.8 Å². The molecule has 0 aromatic rings. The summed E-state index contributed by atoms with van der Waals surface area (Å²) in [6.45, 7) is 16.5. The monoisotopic (exact) mass is 456 g/mol. The van der Waals surface area contributed by atoms with E-state index in [1.54, 1.807) is 18.1 Å². The fourth-order valence-corrected chi connectivity index (χ4v) is 9.48. The molecule has 0 saturated heterocycles. The third-order valence-electron chi connectivity index (χ3n) is 11.9. The largest absolute Gasteiger partial charge is 0.478 e. The van der Waals surface area contributed by atoms with Crippen molar-refractivity contribution in [3.63, 3.8) is 0 Å².